The standard InChI is InChI=1S/C14H16F3N3/c1-9(18-7-12-8-19-20-10(12)2)11-4-3-5-13(6-11)14(15,16)17/h3-6,8-9,18H,7H2,1-2H3,(H,19,20)/t9-/m0/s1. The molecule has 0 saturated heterocycles. The van der Waals surface area contributed by atoms with Crippen molar-refractivity contribution < 1.29 is 13.2 Å². The van der Waals surface area contributed by atoms with Gasteiger partial charge in [-0.1, -0.05) is 12.1 Å². The van der Waals surface area contributed by atoms with Gasteiger partial charge in [0.05, 0.1) is 11.8 Å². The Morgan fingerprint density at radius 2 is 2.10 bits per heavy atom. The molecule has 0 spiro atoms. The molecule has 0 unspecified atom stereocenters. The number of H-pyrrole nitrogens is 1. The van der Waals surface area contributed by atoms with Crippen LogP contribution in [0.5, 0.6) is 0 Å². The van der Waals surface area contributed by atoms with Crippen LogP contribution >= 0.6 is 0 Å². The van der Waals surface area contributed by atoms with Crippen LogP contribution in [0.3, 0.4) is 0 Å². The highest BCUT2D eigenvalue weighted by Gasteiger charge is 2.30. The van der Waals surface area contributed by atoms with Crippen molar-refractivity contribution >= 4 is 0 Å². The Hall–Kier alpha value is -1.82. The molecule has 3 nitrogen and oxygen atoms in total. The molecule has 0 fully saturated rings. The van der Waals surface area contributed by atoms with Gasteiger partial charge < -0.3 is 5.32 Å². The topological polar surface area (TPSA) is 40.7 Å². The quantitative estimate of drug-likeness (QED) is 0.900. The first-order valence-electron chi connectivity index (χ1n) is 6.27. The number of halogens is 3. The van der Waals surface area contributed by atoms with Crippen LogP contribution in [0.25, 0.3) is 0 Å². The van der Waals surface area contributed by atoms with Gasteiger partial charge in [0.25, 0.3) is 0 Å². The third kappa shape index (κ3) is 3.39. The Kier molecular flexibility index (Phi) is 4.13. The number of nitrogens with one attached hydrogen (secondary N) is 2. The molecule has 1 aromatic heterocycles. The van der Waals surface area contributed by atoms with Crippen molar-refractivity contribution in [3.63, 3.8) is 0 Å². The van der Waals surface area contributed by atoms with E-state index in [9.17, 15) is 13.2 Å². The largest absolute Gasteiger partial charge is 0.416 e. The minimum atomic E-state index is -4.31. The first-order chi connectivity index (χ1) is 9.38. The zero-order valence-electron chi connectivity index (χ0n) is 11.3. The van der Waals surface area contributed by atoms with Gasteiger partial charge in [0.2, 0.25) is 0 Å². The molecule has 108 valence electrons. The summed E-state index contributed by atoms with van der Waals surface area (Å²) in [6, 6.07) is 5.21. The summed E-state index contributed by atoms with van der Waals surface area (Å²) in [4.78, 5) is 0. The molecular formula is C14H16F3N3. The predicted molar refractivity (Wildman–Crippen MR) is 70.0 cm³/mol. The van der Waals surface area contributed by atoms with Crippen molar-refractivity contribution in [1.82, 2.24) is 15.5 Å². The Bertz CT molecular complexity index is 575. The third-order valence-corrected chi connectivity index (χ3v) is 3.25. The van der Waals surface area contributed by atoms with E-state index >= 15 is 0 Å². The highest BCUT2D eigenvalue weighted by Crippen LogP contribution is 2.30. The number of nitrogens with zero attached hydrogens (tertiary/aromatic N) is 1. The monoisotopic (exact) mass is 283 g/mol. The third-order valence-electron chi connectivity index (χ3n) is 3.25. The van der Waals surface area contributed by atoms with Crippen LogP contribution in [0, 0.1) is 6.92 Å². The normalized spacial score (nSPS) is 13.4. The van der Waals surface area contributed by atoms with Gasteiger partial charge in [0.15, 0.2) is 0 Å². The van der Waals surface area contributed by atoms with Crippen LogP contribution in [-0.2, 0) is 12.7 Å². The first kappa shape index (κ1) is 14.6. The molecule has 20 heavy (non-hydrogen) atoms. The second kappa shape index (κ2) is 5.66. The molecule has 0 radical (unpaired) electrons. The maximum absolute atomic E-state index is 12.7. The van der Waals surface area contributed by atoms with E-state index < -0.39 is 11.7 Å². The summed E-state index contributed by atoms with van der Waals surface area (Å²) in [5.74, 6) is 0. The number of aromatic nitrogens is 2. The van der Waals surface area contributed by atoms with E-state index in [0.717, 1.165) is 17.3 Å². The summed E-state index contributed by atoms with van der Waals surface area (Å²) >= 11 is 0. The van der Waals surface area contributed by atoms with E-state index in [-0.39, 0.29) is 6.04 Å². The zero-order chi connectivity index (χ0) is 14.8. The lowest BCUT2D eigenvalue weighted by molar-refractivity contribution is -0.137. The van der Waals surface area contributed by atoms with Gasteiger partial charge >= 0.3 is 6.18 Å². The number of hydrogen-bond donors (Lipinski definition) is 2. The second-order valence-corrected chi connectivity index (χ2v) is 4.75. The fourth-order valence-corrected chi connectivity index (χ4v) is 1.92. The molecule has 0 bridgehead atoms. The van der Waals surface area contributed by atoms with Crippen molar-refractivity contribution in [1.29, 1.82) is 0 Å². The lowest BCUT2D eigenvalue weighted by Crippen LogP contribution is -2.19. The lowest BCUT2D eigenvalue weighted by atomic mass is 10.0. The van der Waals surface area contributed by atoms with Crippen molar-refractivity contribution in [3.05, 3.63) is 52.8 Å². The average Bonchev–Trinajstić information content (AvgIpc) is 2.81. The highest BCUT2D eigenvalue weighted by molar-refractivity contribution is 5.28. The minimum Gasteiger partial charge on any atom is -0.306 e. The zero-order valence-corrected chi connectivity index (χ0v) is 11.3. The van der Waals surface area contributed by atoms with Gasteiger partial charge in [-0.3, -0.25) is 5.10 Å². The summed E-state index contributed by atoms with van der Waals surface area (Å²) in [5, 5.41) is 9.92. The van der Waals surface area contributed by atoms with E-state index in [1.807, 2.05) is 13.8 Å². The highest BCUT2D eigenvalue weighted by atomic mass is 19.4. The Morgan fingerprint density at radius 1 is 1.35 bits per heavy atom. The van der Waals surface area contributed by atoms with E-state index in [4.69, 9.17) is 0 Å². The van der Waals surface area contributed by atoms with Crippen molar-refractivity contribution in [2.24, 2.45) is 0 Å². The number of benzene rings is 1. The average molecular weight is 283 g/mol. The molecule has 1 atom stereocenters. The molecule has 0 aliphatic heterocycles. The summed E-state index contributed by atoms with van der Waals surface area (Å²) in [6.45, 7) is 4.30. The van der Waals surface area contributed by atoms with Crippen molar-refractivity contribution in [2.45, 2.75) is 32.6 Å². The molecule has 6 heteroatoms. The molecule has 0 amide bonds. The molecule has 1 aromatic carbocycles. The fourth-order valence-electron chi connectivity index (χ4n) is 1.92. The molecule has 0 aliphatic rings. The van der Waals surface area contributed by atoms with Gasteiger partial charge in [-0.25, -0.2) is 0 Å². The first-order valence-corrected chi connectivity index (χ1v) is 6.27. The minimum absolute atomic E-state index is 0.174. The van der Waals surface area contributed by atoms with Crippen molar-refractivity contribution in [2.75, 3.05) is 0 Å². The number of rotatable bonds is 4. The van der Waals surface area contributed by atoms with Gasteiger partial charge in [0.1, 0.15) is 0 Å². The van der Waals surface area contributed by atoms with Crippen LogP contribution in [0.15, 0.2) is 30.5 Å². The molecular weight excluding hydrogens is 267 g/mol. The number of hydrogen-bond acceptors (Lipinski definition) is 2. The van der Waals surface area contributed by atoms with Crippen LogP contribution in [0.1, 0.15) is 35.3 Å². The summed E-state index contributed by atoms with van der Waals surface area (Å²) in [6.07, 6.45) is -2.60. The number of alkyl halides is 3. The number of aromatic amines is 1. The van der Waals surface area contributed by atoms with Gasteiger partial charge in [-0.15, -0.1) is 0 Å². The molecule has 2 rings (SSSR count). The fraction of sp³-hybridized carbons (Fsp3) is 0.357. The summed E-state index contributed by atoms with van der Waals surface area (Å²) < 4.78 is 38.0. The lowest BCUT2D eigenvalue weighted by Gasteiger charge is -2.16. The number of aryl methyl sites for hydroxylation is 1. The molecule has 1 heterocycles. The van der Waals surface area contributed by atoms with E-state index in [1.54, 1.807) is 12.3 Å². The maximum atomic E-state index is 12.7. The Labute approximate surface area is 115 Å². The molecule has 2 N–H and O–H groups in total. The SMILES string of the molecule is Cc1[nH]ncc1CN[C@@H](C)c1cccc(C(F)(F)F)c1. The van der Waals surface area contributed by atoms with E-state index in [1.165, 1.54) is 12.1 Å². The van der Waals surface area contributed by atoms with E-state index in [0.29, 0.717) is 12.1 Å². The van der Waals surface area contributed by atoms with Crippen molar-refractivity contribution in [3.8, 4) is 0 Å². The van der Waals surface area contributed by atoms with Crippen LogP contribution in [-0.4, -0.2) is 10.2 Å². The van der Waals surface area contributed by atoms with Crippen LogP contribution < -0.4 is 5.32 Å². The molecule has 0 aliphatic carbocycles. The summed E-state index contributed by atoms with van der Waals surface area (Å²) in [7, 11) is 0. The summed E-state index contributed by atoms with van der Waals surface area (Å²) in [5.41, 5.74) is 1.95. The molecule has 2 aromatic rings. The van der Waals surface area contributed by atoms with E-state index in [2.05, 4.69) is 15.5 Å². The second-order valence-electron chi connectivity index (χ2n) is 4.75. The van der Waals surface area contributed by atoms with Crippen LogP contribution in [0.4, 0.5) is 13.2 Å². The predicted octanol–water partition coefficient (Wildman–Crippen LogP) is 3.59. The van der Waals surface area contributed by atoms with Gasteiger partial charge in [-0.05, 0) is 31.5 Å². The van der Waals surface area contributed by atoms with Gasteiger partial charge in [0, 0.05) is 23.8 Å². The smallest absolute Gasteiger partial charge is 0.306 e. The Balaban J connectivity index is 2.06. The molecule has 0 saturated carbocycles. The van der Waals surface area contributed by atoms with Crippen LogP contribution in [0.2, 0.25) is 0 Å². The van der Waals surface area contributed by atoms with Gasteiger partial charge in [-0.2, -0.15) is 18.3 Å². The maximum Gasteiger partial charge on any atom is 0.416 e. The Morgan fingerprint density at radius 3 is 2.70 bits per heavy atom.